The first-order valence-electron chi connectivity index (χ1n) is 9.95. The monoisotopic (exact) mass is 470 g/mol. The van der Waals surface area contributed by atoms with Crippen LogP contribution in [0.5, 0.6) is 0 Å². The van der Waals surface area contributed by atoms with Gasteiger partial charge in [0.2, 0.25) is 0 Å². The second kappa shape index (κ2) is 13.0. The van der Waals surface area contributed by atoms with E-state index in [0.29, 0.717) is 0 Å². The Labute approximate surface area is 206 Å². The zero-order valence-corrected chi connectivity index (χ0v) is 19.3. The predicted molar refractivity (Wildman–Crippen MR) is 131 cm³/mol. The first kappa shape index (κ1) is 25.5. The normalized spacial score (nSPS) is 9.45. The van der Waals surface area contributed by atoms with Crippen molar-refractivity contribution in [3.05, 3.63) is 109 Å². The fourth-order valence-electron chi connectivity index (χ4n) is 3.81. The maximum absolute atomic E-state index is 8.36. The average molecular weight is 470 g/mol. The molecular weight excluding hydrogens is 448 g/mol. The minimum Gasteiger partial charge on any atom is -0.483 e. The number of carboxylic acid groups (broad SMARTS) is 2. The van der Waals surface area contributed by atoms with Crippen LogP contribution in [0.25, 0.3) is 43.1 Å². The van der Waals surface area contributed by atoms with E-state index in [1.54, 1.807) is 0 Å². The van der Waals surface area contributed by atoms with Crippen molar-refractivity contribution in [3.8, 4) is 0 Å². The standard InChI is InChI=1S/2C13H9.2CH2O2.Ti/c2*1-3-7-12-10(5-1)9-11-6-2-4-8-13(11)12;2*2-1-3;/h2*1-9H;2*1H,(H,2,3);/q2*-1;;;+2. The minimum atomic E-state index is -0.250. The van der Waals surface area contributed by atoms with Crippen LogP contribution < -0.4 is 0 Å². The van der Waals surface area contributed by atoms with Crippen molar-refractivity contribution in [3.63, 3.8) is 0 Å². The maximum Gasteiger partial charge on any atom is 2.00 e. The number of rotatable bonds is 0. The van der Waals surface area contributed by atoms with Crippen LogP contribution in [0.4, 0.5) is 0 Å². The van der Waals surface area contributed by atoms with Crippen molar-refractivity contribution in [2.45, 2.75) is 0 Å². The smallest absolute Gasteiger partial charge is 0.483 e. The third-order valence-corrected chi connectivity index (χ3v) is 5.05. The first-order valence-corrected chi connectivity index (χ1v) is 9.95. The number of carbonyl (C=O) groups is 2. The van der Waals surface area contributed by atoms with E-state index in [4.69, 9.17) is 19.8 Å². The van der Waals surface area contributed by atoms with E-state index in [1.807, 2.05) is 0 Å². The van der Waals surface area contributed by atoms with Gasteiger partial charge in [0.1, 0.15) is 0 Å². The van der Waals surface area contributed by atoms with Gasteiger partial charge in [0.15, 0.2) is 0 Å². The molecule has 0 amide bonds. The zero-order chi connectivity index (χ0) is 22.8. The van der Waals surface area contributed by atoms with E-state index in [1.165, 1.54) is 43.1 Å². The van der Waals surface area contributed by atoms with Crippen LogP contribution in [-0.2, 0) is 31.3 Å². The molecule has 6 aromatic carbocycles. The minimum absolute atomic E-state index is 0. The molecule has 0 aliphatic carbocycles. The number of fused-ring (bicyclic) bond motifs is 6. The summed E-state index contributed by atoms with van der Waals surface area (Å²) in [6, 6.07) is 38.5. The van der Waals surface area contributed by atoms with Crippen molar-refractivity contribution >= 4 is 56.0 Å². The Bertz CT molecular complexity index is 1230. The molecule has 0 aliphatic heterocycles. The average Bonchev–Trinajstić information content (AvgIpc) is 3.39. The Morgan fingerprint density at radius 1 is 0.455 bits per heavy atom. The van der Waals surface area contributed by atoms with Crippen LogP contribution in [0.15, 0.2) is 109 Å². The molecule has 0 saturated heterocycles. The van der Waals surface area contributed by atoms with Crippen LogP contribution in [0.3, 0.4) is 0 Å². The first-order chi connectivity index (χ1) is 15.7. The van der Waals surface area contributed by atoms with Crippen molar-refractivity contribution in [2.75, 3.05) is 0 Å². The van der Waals surface area contributed by atoms with Crippen molar-refractivity contribution in [1.29, 1.82) is 0 Å². The molecule has 5 heteroatoms. The molecule has 2 N–H and O–H groups in total. The molecule has 0 aliphatic rings. The molecule has 6 aromatic rings. The Morgan fingerprint density at radius 2 is 0.636 bits per heavy atom. The van der Waals surface area contributed by atoms with Gasteiger partial charge < -0.3 is 10.2 Å². The Balaban J connectivity index is 0.000000185. The summed E-state index contributed by atoms with van der Waals surface area (Å²) in [5.41, 5.74) is 0. The SMILES string of the molecule is O=CO.O=CO.[Ti+2].c1ccc2c(c1)[cH-]c1ccccc12.c1ccc2c(c1)[cH-]c1ccccc12. The van der Waals surface area contributed by atoms with E-state index < -0.39 is 0 Å². The summed E-state index contributed by atoms with van der Waals surface area (Å²) in [7, 11) is 0. The number of hydrogen-bond donors (Lipinski definition) is 2. The van der Waals surface area contributed by atoms with E-state index in [2.05, 4.69) is 109 Å². The van der Waals surface area contributed by atoms with Gasteiger partial charge in [-0.25, -0.2) is 0 Å². The summed E-state index contributed by atoms with van der Waals surface area (Å²) < 4.78 is 0. The Morgan fingerprint density at radius 3 is 0.848 bits per heavy atom. The third-order valence-electron chi connectivity index (χ3n) is 5.05. The van der Waals surface area contributed by atoms with Crippen molar-refractivity contribution in [2.24, 2.45) is 0 Å². The van der Waals surface area contributed by atoms with Crippen LogP contribution in [-0.4, -0.2) is 23.2 Å². The van der Waals surface area contributed by atoms with E-state index >= 15 is 0 Å². The molecular formula is C28H22O4Ti. The summed E-state index contributed by atoms with van der Waals surface area (Å²) in [4.78, 5) is 16.7. The maximum atomic E-state index is 8.36. The van der Waals surface area contributed by atoms with Crippen molar-refractivity contribution < 1.29 is 41.5 Å². The summed E-state index contributed by atoms with van der Waals surface area (Å²) in [6.45, 7) is -0.500. The van der Waals surface area contributed by atoms with Gasteiger partial charge in [-0.3, -0.25) is 9.59 Å². The summed E-state index contributed by atoms with van der Waals surface area (Å²) in [5.74, 6) is 0. The van der Waals surface area contributed by atoms with Crippen molar-refractivity contribution in [1.82, 2.24) is 0 Å². The van der Waals surface area contributed by atoms with Crippen LogP contribution in [0, 0.1) is 0 Å². The van der Waals surface area contributed by atoms with Crippen LogP contribution >= 0.6 is 0 Å². The van der Waals surface area contributed by atoms with Gasteiger partial charge in [-0.05, 0) is 0 Å². The largest absolute Gasteiger partial charge is 2.00 e. The molecule has 0 unspecified atom stereocenters. The van der Waals surface area contributed by atoms with E-state index in [9.17, 15) is 0 Å². The molecule has 4 nitrogen and oxygen atoms in total. The van der Waals surface area contributed by atoms with Crippen LogP contribution in [0.2, 0.25) is 0 Å². The second-order valence-corrected chi connectivity index (χ2v) is 6.85. The molecule has 0 saturated carbocycles. The third kappa shape index (κ3) is 6.16. The second-order valence-electron chi connectivity index (χ2n) is 6.85. The fourth-order valence-corrected chi connectivity index (χ4v) is 3.81. The fraction of sp³-hybridized carbons (Fsp3) is 0. The van der Waals surface area contributed by atoms with Gasteiger partial charge in [0, 0.05) is 0 Å². The molecule has 0 bridgehead atoms. The molecule has 0 aromatic heterocycles. The summed E-state index contributed by atoms with van der Waals surface area (Å²) >= 11 is 0. The van der Waals surface area contributed by atoms with Gasteiger partial charge in [-0.1, -0.05) is 72.8 Å². The van der Waals surface area contributed by atoms with Gasteiger partial charge in [-0.15, -0.1) is 79.5 Å². The van der Waals surface area contributed by atoms with Gasteiger partial charge >= 0.3 is 21.7 Å². The van der Waals surface area contributed by atoms with Gasteiger partial charge in [0.25, 0.3) is 12.9 Å². The Kier molecular flexibility index (Phi) is 10.0. The van der Waals surface area contributed by atoms with Crippen LogP contribution in [0.1, 0.15) is 0 Å². The topological polar surface area (TPSA) is 74.6 Å². The molecule has 162 valence electrons. The molecule has 0 atom stereocenters. The predicted octanol–water partition coefficient (Wildman–Crippen LogP) is 6.82. The Hall–Kier alpha value is -3.73. The molecule has 0 heterocycles. The summed E-state index contributed by atoms with van der Waals surface area (Å²) in [5, 5.41) is 24.6. The molecule has 6 rings (SSSR count). The zero-order valence-electron chi connectivity index (χ0n) is 17.8. The quantitative estimate of drug-likeness (QED) is 0.145. The molecule has 0 spiro atoms. The number of hydrogen-bond acceptors (Lipinski definition) is 2. The van der Waals surface area contributed by atoms with Gasteiger partial charge in [0.05, 0.1) is 0 Å². The van der Waals surface area contributed by atoms with E-state index in [0.717, 1.165) is 0 Å². The number of benzene rings is 4. The summed E-state index contributed by atoms with van der Waals surface area (Å²) in [6.07, 6.45) is 0. The van der Waals surface area contributed by atoms with Gasteiger partial charge in [-0.2, -0.15) is 0 Å². The molecule has 33 heavy (non-hydrogen) atoms. The molecule has 0 fully saturated rings. The van der Waals surface area contributed by atoms with E-state index in [-0.39, 0.29) is 34.7 Å². The molecule has 0 radical (unpaired) electrons.